The van der Waals surface area contributed by atoms with E-state index in [1.54, 1.807) is 0 Å². The van der Waals surface area contributed by atoms with Gasteiger partial charge in [-0.2, -0.15) is 0 Å². The van der Waals surface area contributed by atoms with Gasteiger partial charge in [-0.3, -0.25) is 4.57 Å². The van der Waals surface area contributed by atoms with Crippen molar-refractivity contribution in [2.24, 2.45) is 0 Å². The molecule has 2 aliphatic heterocycles. The Bertz CT molecular complexity index is 766. The van der Waals surface area contributed by atoms with Gasteiger partial charge in [0.15, 0.2) is 0 Å². The Kier molecular flexibility index (Phi) is 3.03. The SMILES string of the molecule is Cc1nnc2n1-c1ccc(B3OC(C)(C)C(C)(C)O3)cc1CC2. The van der Waals surface area contributed by atoms with Crippen LogP contribution in [0.3, 0.4) is 0 Å². The Labute approximate surface area is 137 Å². The smallest absolute Gasteiger partial charge is 0.399 e. The van der Waals surface area contributed by atoms with Crippen LogP contribution in [0.15, 0.2) is 18.2 Å². The van der Waals surface area contributed by atoms with Gasteiger partial charge in [-0.15, -0.1) is 10.2 Å². The van der Waals surface area contributed by atoms with Gasteiger partial charge in [0.1, 0.15) is 11.6 Å². The van der Waals surface area contributed by atoms with Crippen LogP contribution in [0, 0.1) is 6.92 Å². The number of fused-ring (bicyclic) bond motifs is 3. The molecule has 3 heterocycles. The van der Waals surface area contributed by atoms with Crippen LogP contribution >= 0.6 is 0 Å². The van der Waals surface area contributed by atoms with E-state index in [4.69, 9.17) is 9.31 Å². The molecule has 0 bridgehead atoms. The number of aryl methyl sites for hydroxylation is 3. The second kappa shape index (κ2) is 4.68. The highest BCUT2D eigenvalue weighted by atomic mass is 16.7. The normalized spacial score (nSPS) is 21.2. The lowest BCUT2D eigenvalue weighted by molar-refractivity contribution is 0.00578. The molecule has 1 saturated heterocycles. The minimum absolute atomic E-state index is 0.311. The molecule has 0 N–H and O–H groups in total. The first kappa shape index (κ1) is 14.9. The lowest BCUT2D eigenvalue weighted by atomic mass is 9.77. The van der Waals surface area contributed by atoms with Crippen molar-refractivity contribution >= 4 is 12.6 Å². The van der Waals surface area contributed by atoms with Gasteiger partial charge >= 0.3 is 7.12 Å². The highest BCUT2D eigenvalue weighted by Crippen LogP contribution is 2.36. The van der Waals surface area contributed by atoms with Gasteiger partial charge in [0.25, 0.3) is 0 Å². The van der Waals surface area contributed by atoms with Gasteiger partial charge in [-0.05, 0) is 58.1 Å². The average Bonchev–Trinajstić information content (AvgIpc) is 2.96. The predicted octanol–water partition coefficient (Wildman–Crippen LogP) is 1.97. The molecule has 2 aromatic rings. The second-order valence-electron chi connectivity index (χ2n) is 7.48. The molecule has 120 valence electrons. The van der Waals surface area contributed by atoms with Crippen molar-refractivity contribution in [3.8, 4) is 5.69 Å². The van der Waals surface area contributed by atoms with Gasteiger partial charge < -0.3 is 9.31 Å². The van der Waals surface area contributed by atoms with Crippen molar-refractivity contribution in [2.75, 3.05) is 0 Å². The average molecular weight is 311 g/mol. The largest absolute Gasteiger partial charge is 0.494 e. The van der Waals surface area contributed by atoms with E-state index in [-0.39, 0.29) is 18.3 Å². The molecule has 2 aliphatic rings. The standard InChI is InChI=1S/C17H22BN3O2/c1-11-19-20-15-9-6-12-10-13(7-8-14(12)21(11)15)18-22-16(2,3)17(4,5)23-18/h7-8,10H,6,9H2,1-5H3. The highest BCUT2D eigenvalue weighted by Gasteiger charge is 2.51. The fraction of sp³-hybridized carbons (Fsp3) is 0.529. The first-order valence-electron chi connectivity index (χ1n) is 8.18. The van der Waals surface area contributed by atoms with E-state index >= 15 is 0 Å². The van der Waals surface area contributed by atoms with E-state index in [2.05, 4.69) is 60.7 Å². The molecule has 6 heteroatoms. The Morgan fingerprint density at radius 3 is 2.43 bits per heavy atom. The van der Waals surface area contributed by atoms with E-state index in [1.807, 2.05) is 6.92 Å². The summed E-state index contributed by atoms with van der Waals surface area (Å²) in [5.74, 6) is 1.97. The Morgan fingerprint density at radius 2 is 1.74 bits per heavy atom. The van der Waals surface area contributed by atoms with Gasteiger partial charge in [0.2, 0.25) is 0 Å². The summed E-state index contributed by atoms with van der Waals surface area (Å²) in [5.41, 5.74) is 2.93. The number of hydrogen-bond acceptors (Lipinski definition) is 4. The molecule has 0 radical (unpaired) electrons. The maximum Gasteiger partial charge on any atom is 0.494 e. The van der Waals surface area contributed by atoms with Crippen LogP contribution in [0.5, 0.6) is 0 Å². The van der Waals surface area contributed by atoms with Crippen LogP contribution in [0.25, 0.3) is 5.69 Å². The van der Waals surface area contributed by atoms with Crippen molar-refractivity contribution in [3.63, 3.8) is 0 Å². The molecular formula is C17H22BN3O2. The van der Waals surface area contributed by atoms with Crippen molar-refractivity contribution in [2.45, 2.75) is 58.7 Å². The lowest BCUT2D eigenvalue weighted by Gasteiger charge is -2.32. The zero-order chi connectivity index (χ0) is 16.4. The third-order valence-electron chi connectivity index (χ3n) is 5.38. The van der Waals surface area contributed by atoms with E-state index in [1.165, 1.54) is 11.3 Å². The maximum absolute atomic E-state index is 6.17. The van der Waals surface area contributed by atoms with Gasteiger partial charge in [0, 0.05) is 6.42 Å². The highest BCUT2D eigenvalue weighted by molar-refractivity contribution is 6.62. The molecule has 0 aliphatic carbocycles. The number of nitrogens with zero attached hydrogens (tertiary/aromatic N) is 3. The van der Waals surface area contributed by atoms with Crippen LogP contribution in [0.2, 0.25) is 0 Å². The molecule has 1 aromatic carbocycles. The number of aromatic nitrogens is 3. The van der Waals surface area contributed by atoms with Crippen molar-refractivity contribution in [3.05, 3.63) is 35.4 Å². The Morgan fingerprint density at radius 1 is 1.04 bits per heavy atom. The van der Waals surface area contributed by atoms with Crippen LogP contribution in [0.4, 0.5) is 0 Å². The lowest BCUT2D eigenvalue weighted by Crippen LogP contribution is -2.41. The molecule has 0 amide bonds. The molecule has 5 nitrogen and oxygen atoms in total. The summed E-state index contributed by atoms with van der Waals surface area (Å²) >= 11 is 0. The fourth-order valence-corrected chi connectivity index (χ4v) is 3.28. The van der Waals surface area contributed by atoms with Crippen LogP contribution in [-0.2, 0) is 22.2 Å². The summed E-state index contributed by atoms with van der Waals surface area (Å²) < 4.78 is 14.5. The topological polar surface area (TPSA) is 49.2 Å². The Balaban J connectivity index is 1.71. The number of benzene rings is 1. The monoisotopic (exact) mass is 311 g/mol. The maximum atomic E-state index is 6.17. The van der Waals surface area contributed by atoms with Gasteiger partial charge in [-0.1, -0.05) is 12.1 Å². The van der Waals surface area contributed by atoms with Crippen molar-refractivity contribution < 1.29 is 9.31 Å². The van der Waals surface area contributed by atoms with Crippen LogP contribution in [-0.4, -0.2) is 33.1 Å². The van der Waals surface area contributed by atoms with E-state index in [0.717, 1.165) is 30.0 Å². The fourth-order valence-electron chi connectivity index (χ4n) is 3.28. The van der Waals surface area contributed by atoms with E-state index in [0.29, 0.717) is 0 Å². The predicted molar refractivity (Wildman–Crippen MR) is 89.2 cm³/mol. The molecule has 1 fully saturated rings. The molecule has 0 atom stereocenters. The van der Waals surface area contributed by atoms with Crippen LogP contribution in [0.1, 0.15) is 44.9 Å². The van der Waals surface area contributed by atoms with Crippen LogP contribution < -0.4 is 5.46 Å². The Hall–Kier alpha value is -1.66. The molecule has 0 saturated carbocycles. The third kappa shape index (κ3) is 2.16. The van der Waals surface area contributed by atoms with Crippen molar-refractivity contribution in [1.82, 2.24) is 14.8 Å². The quantitative estimate of drug-likeness (QED) is 0.756. The molecule has 0 spiro atoms. The molecule has 23 heavy (non-hydrogen) atoms. The molecule has 1 aromatic heterocycles. The van der Waals surface area contributed by atoms with Gasteiger partial charge in [-0.25, -0.2) is 0 Å². The van der Waals surface area contributed by atoms with E-state index in [9.17, 15) is 0 Å². The number of hydrogen-bond donors (Lipinski definition) is 0. The minimum atomic E-state index is -0.314. The van der Waals surface area contributed by atoms with Gasteiger partial charge in [0.05, 0.1) is 16.9 Å². The summed E-state index contributed by atoms with van der Waals surface area (Å²) in [5, 5.41) is 8.46. The second-order valence-corrected chi connectivity index (χ2v) is 7.48. The van der Waals surface area contributed by atoms with E-state index < -0.39 is 0 Å². The third-order valence-corrected chi connectivity index (χ3v) is 5.38. The zero-order valence-corrected chi connectivity index (χ0v) is 14.4. The number of rotatable bonds is 1. The summed E-state index contributed by atoms with van der Waals surface area (Å²) in [6.45, 7) is 10.3. The summed E-state index contributed by atoms with van der Waals surface area (Å²) in [6, 6.07) is 6.43. The minimum Gasteiger partial charge on any atom is -0.399 e. The first-order valence-corrected chi connectivity index (χ1v) is 8.18. The molecule has 0 unspecified atom stereocenters. The first-order chi connectivity index (χ1) is 10.8. The zero-order valence-electron chi connectivity index (χ0n) is 14.4. The summed E-state index contributed by atoms with van der Waals surface area (Å²) in [4.78, 5) is 0. The molecule has 4 rings (SSSR count). The summed E-state index contributed by atoms with van der Waals surface area (Å²) in [6.07, 6.45) is 1.89. The summed E-state index contributed by atoms with van der Waals surface area (Å²) in [7, 11) is -0.311. The molecular weight excluding hydrogens is 289 g/mol. The van der Waals surface area contributed by atoms with Crippen molar-refractivity contribution in [1.29, 1.82) is 0 Å².